The number of thioether (sulfide) groups is 1. The molecule has 0 aliphatic carbocycles. The first-order chi connectivity index (χ1) is 7.52. The zero-order valence-corrected chi connectivity index (χ0v) is 12.2. The molecule has 90 valence electrons. The fourth-order valence-electron chi connectivity index (χ4n) is 1.18. The molecule has 0 radical (unpaired) electrons. The van der Waals surface area contributed by atoms with Gasteiger partial charge in [0.15, 0.2) is 0 Å². The van der Waals surface area contributed by atoms with Gasteiger partial charge in [-0.15, -0.1) is 11.8 Å². The topological polar surface area (TPSA) is 46.0 Å². The molecule has 1 aromatic heterocycles. The van der Waals surface area contributed by atoms with E-state index in [1.807, 2.05) is 6.07 Å². The summed E-state index contributed by atoms with van der Waals surface area (Å²) in [7, 11) is 0. The summed E-state index contributed by atoms with van der Waals surface area (Å²) in [4.78, 5) is 8.82. The first-order valence-corrected chi connectivity index (χ1v) is 7.02. The number of rotatable bonds is 5. The van der Waals surface area contributed by atoms with Gasteiger partial charge in [-0.2, -0.15) is 0 Å². The molecule has 0 aromatic carbocycles. The van der Waals surface area contributed by atoms with Gasteiger partial charge in [0.25, 0.3) is 0 Å². The highest BCUT2D eigenvalue weighted by Gasteiger charge is 2.10. The zero-order chi connectivity index (χ0) is 12.1. The van der Waals surface area contributed by atoms with E-state index in [0.717, 1.165) is 21.9 Å². The summed E-state index contributed by atoms with van der Waals surface area (Å²) in [6.07, 6.45) is 0.781. The maximum atomic E-state index is 8.86. The Morgan fingerprint density at radius 2 is 2.06 bits per heavy atom. The molecule has 16 heavy (non-hydrogen) atoms. The quantitative estimate of drug-likeness (QED) is 0.670. The van der Waals surface area contributed by atoms with Crippen molar-refractivity contribution in [3.63, 3.8) is 0 Å². The summed E-state index contributed by atoms with van der Waals surface area (Å²) in [5.74, 6) is 1.18. The van der Waals surface area contributed by atoms with Gasteiger partial charge in [0.1, 0.15) is 15.5 Å². The molecule has 1 rings (SSSR count). The lowest BCUT2D eigenvalue weighted by molar-refractivity contribution is 0.289. The van der Waals surface area contributed by atoms with E-state index >= 15 is 0 Å². The first-order valence-electron chi connectivity index (χ1n) is 5.35. The molecule has 0 amide bonds. The second-order valence-electron chi connectivity index (χ2n) is 3.98. The van der Waals surface area contributed by atoms with Crippen LogP contribution in [0, 0.1) is 0 Å². The molecule has 0 bridgehead atoms. The predicted octanol–water partition coefficient (Wildman–Crippen LogP) is 3.23. The predicted molar refractivity (Wildman–Crippen MR) is 70.8 cm³/mol. The smallest absolute Gasteiger partial charge is 0.133 e. The first kappa shape index (κ1) is 13.9. The monoisotopic (exact) mass is 304 g/mol. The third-order valence-electron chi connectivity index (χ3n) is 2.06. The van der Waals surface area contributed by atoms with Crippen molar-refractivity contribution in [2.24, 2.45) is 0 Å². The average molecular weight is 305 g/mol. The molecule has 0 fully saturated rings. The molecule has 3 nitrogen and oxygen atoms in total. The Kier molecular flexibility index (Phi) is 5.72. The van der Waals surface area contributed by atoms with E-state index in [4.69, 9.17) is 5.11 Å². The lowest BCUT2D eigenvalue weighted by Crippen LogP contribution is -2.03. The number of aromatic nitrogens is 2. The Morgan fingerprint density at radius 1 is 1.38 bits per heavy atom. The van der Waals surface area contributed by atoms with Gasteiger partial charge < -0.3 is 5.11 Å². The third-order valence-corrected chi connectivity index (χ3v) is 3.56. The van der Waals surface area contributed by atoms with Gasteiger partial charge in [0.2, 0.25) is 0 Å². The zero-order valence-electron chi connectivity index (χ0n) is 9.77. The number of halogens is 1. The third kappa shape index (κ3) is 4.39. The Morgan fingerprint density at radius 3 is 2.62 bits per heavy atom. The van der Waals surface area contributed by atoms with Crippen molar-refractivity contribution in [3.05, 3.63) is 16.5 Å². The van der Waals surface area contributed by atoms with Crippen molar-refractivity contribution in [3.8, 4) is 0 Å². The Hall–Kier alpha value is -0.130. The summed E-state index contributed by atoms with van der Waals surface area (Å²) >= 11 is 5.07. The molecule has 1 heterocycles. The lowest BCUT2D eigenvalue weighted by Gasteiger charge is -2.11. The van der Waals surface area contributed by atoms with Crippen LogP contribution in [0.15, 0.2) is 15.7 Å². The number of hydrogen-bond donors (Lipinski definition) is 1. The molecule has 0 saturated carbocycles. The number of aliphatic hydroxyl groups is 1. The standard InChI is InChI=1S/C11H17BrN2OS/c1-7(2)11-13-9(12)6-10(14-11)16-8(3)4-5-15/h6-8,15H,4-5H2,1-3H3. The van der Waals surface area contributed by atoms with Crippen molar-refractivity contribution >= 4 is 27.7 Å². The molecule has 0 aliphatic rings. The van der Waals surface area contributed by atoms with Gasteiger partial charge in [-0.1, -0.05) is 20.8 Å². The van der Waals surface area contributed by atoms with E-state index in [0.29, 0.717) is 11.2 Å². The summed E-state index contributed by atoms with van der Waals surface area (Å²) < 4.78 is 0.824. The highest BCUT2D eigenvalue weighted by atomic mass is 79.9. The van der Waals surface area contributed by atoms with Gasteiger partial charge in [-0.25, -0.2) is 9.97 Å². The van der Waals surface area contributed by atoms with Crippen LogP contribution in [-0.2, 0) is 0 Å². The molecule has 5 heteroatoms. The van der Waals surface area contributed by atoms with Crippen LogP contribution in [0.1, 0.15) is 38.9 Å². The molecule has 0 aliphatic heterocycles. The van der Waals surface area contributed by atoms with Crippen LogP contribution in [0.5, 0.6) is 0 Å². The fourth-order valence-corrected chi connectivity index (χ4v) is 2.69. The molecular formula is C11H17BrN2OS. The van der Waals surface area contributed by atoms with E-state index in [9.17, 15) is 0 Å². The van der Waals surface area contributed by atoms with Crippen molar-refractivity contribution in [2.45, 2.75) is 43.4 Å². The van der Waals surface area contributed by atoms with Gasteiger partial charge in [0, 0.05) is 23.8 Å². The molecule has 0 spiro atoms. The lowest BCUT2D eigenvalue weighted by atomic mass is 10.2. The highest BCUT2D eigenvalue weighted by molar-refractivity contribution is 9.10. The van der Waals surface area contributed by atoms with Crippen LogP contribution >= 0.6 is 27.7 Å². The van der Waals surface area contributed by atoms with E-state index < -0.39 is 0 Å². The maximum absolute atomic E-state index is 8.86. The summed E-state index contributed by atoms with van der Waals surface area (Å²) in [6.45, 7) is 6.46. The van der Waals surface area contributed by atoms with Crippen molar-refractivity contribution in [1.82, 2.24) is 9.97 Å². The Balaban J connectivity index is 2.80. The van der Waals surface area contributed by atoms with Crippen LogP contribution in [0.25, 0.3) is 0 Å². The summed E-state index contributed by atoms with van der Waals surface area (Å²) in [5.41, 5.74) is 0. The SMILES string of the molecule is CC(CCO)Sc1cc(Br)nc(C(C)C)n1. The largest absolute Gasteiger partial charge is 0.396 e. The van der Waals surface area contributed by atoms with Crippen molar-refractivity contribution in [2.75, 3.05) is 6.61 Å². The van der Waals surface area contributed by atoms with Crippen molar-refractivity contribution in [1.29, 1.82) is 0 Å². The molecule has 0 saturated heterocycles. The average Bonchev–Trinajstić information content (AvgIpc) is 2.16. The van der Waals surface area contributed by atoms with Crippen LogP contribution < -0.4 is 0 Å². The number of nitrogens with zero attached hydrogens (tertiary/aromatic N) is 2. The molecule has 1 atom stereocenters. The van der Waals surface area contributed by atoms with E-state index in [1.165, 1.54) is 0 Å². The van der Waals surface area contributed by atoms with Gasteiger partial charge in [-0.05, 0) is 22.4 Å². The van der Waals surface area contributed by atoms with Gasteiger partial charge in [-0.3, -0.25) is 0 Å². The van der Waals surface area contributed by atoms with E-state index in [1.54, 1.807) is 11.8 Å². The van der Waals surface area contributed by atoms with Crippen LogP contribution in [0.2, 0.25) is 0 Å². The van der Waals surface area contributed by atoms with Crippen LogP contribution in [0.3, 0.4) is 0 Å². The fraction of sp³-hybridized carbons (Fsp3) is 0.636. The number of aliphatic hydroxyl groups excluding tert-OH is 1. The normalized spacial score (nSPS) is 13.1. The second kappa shape index (κ2) is 6.57. The van der Waals surface area contributed by atoms with Crippen molar-refractivity contribution < 1.29 is 5.11 Å². The van der Waals surface area contributed by atoms with Crippen LogP contribution in [-0.4, -0.2) is 26.9 Å². The minimum absolute atomic E-state index is 0.220. The van der Waals surface area contributed by atoms with Gasteiger partial charge in [0.05, 0.1) is 0 Å². The molecular weight excluding hydrogens is 288 g/mol. The Bertz CT molecular complexity index is 347. The summed E-state index contributed by atoms with van der Waals surface area (Å²) in [5, 5.41) is 10.2. The maximum Gasteiger partial charge on any atom is 0.133 e. The number of hydrogen-bond acceptors (Lipinski definition) is 4. The minimum atomic E-state index is 0.220. The van der Waals surface area contributed by atoms with Crippen LogP contribution in [0.4, 0.5) is 0 Å². The summed E-state index contributed by atoms with van der Waals surface area (Å²) in [6, 6.07) is 1.92. The molecule has 1 unspecified atom stereocenters. The molecule has 1 N–H and O–H groups in total. The van der Waals surface area contributed by atoms with E-state index in [2.05, 4.69) is 46.7 Å². The second-order valence-corrected chi connectivity index (χ2v) is 6.25. The minimum Gasteiger partial charge on any atom is -0.396 e. The van der Waals surface area contributed by atoms with Gasteiger partial charge >= 0.3 is 0 Å². The Labute approximate surface area is 109 Å². The molecule has 1 aromatic rings. The van der Waals surface area contributed by atoms with E-state index in [-0.39, 0.29) is 6.61 Å². The highest BCUT2D eigenvalue weighted by Crippen LogP contribution is 2.26.